The maximum absolute atomic E-state index is 13.7. The molecule has 0 saturated heterocycles. The van der Waals surface area contributed by atoms with Crippen LogP contribution >= 0.6 is 0 Å². The van der Waals surface area contributed by atoms with Crippen LogP contribution in [0.4, 0.5) is 4.39 Å². The summed E-state index contributed by atoms with van der Waals surface area (Å²) < 4.78 is 24.3. The predicted molar refractivity (Wildman–Crippen MR) is 126 cm³/mol. The molecule has 2 aromatic carbocycles. The first-order valence-corrected chi connectivity index (χ1v) is 11.6. The van der Waals surface area contributed by atoms with Crippen LogP contribution in [0.25, 0.3) is 0 Å². The second-order valence-corrected chi connectivity index (χ2v) is 8.56. The van der Waals surface area contributed by atoms with E-state index in [9.17, 15) is 14.0 Å². The summed E-state index contributed by atoms with van der Waals surface area (Å²) in [5.74, 6) is -0.351. The Labute approximate surface area is 198 Å². The van der Waals surface area contributed by atoms with Gasteiger partial charge in [0.25, 0.3) is 5.91 Å². The summed E-state index contributed by atoms with van der Waals surface area (Å²) in [5.41, 5.74) is 1.31. The van der Waals surface area contributed by atoms with E-state index in [1.807, 2.05) is 0 Å². The molecular weight excluding hydrogens is 435 g/mol. The molecule has 0 aliphatic heterocycles. The van der Waals surface area contributed by atoms with Crippen LogP contribution in [0.15, 0.2) is 71.3 Å². The second kappa shape index (κ2) is 11.0. The van der Waals surface area contributed by atoms with E-state index in [0.29, 0.717) is 16.9 Å². The Morgan fingerprint density at radius 1 is 1.09 bits per heavy atom. The van der Waals surface area contributed by atoms with Gasteiger partial charge in [-0.15, -0.1) is 0 Å². The number of rotatable bonds is 8. The molecule has 7 heteroatoms. The molecule has 0 spiro atoms. The molecule has 0 radical (unpaired) electrons. The summed E-state index contributed by atoms with van der Waals surface area (Å²) in [5, 5.41) is 3.17. The van der Waals surface area contributed by atoms with Crippen molar-refractivity contribution in [2.75, 3.05) is 7.11 Å². The molecule has 1 aliphatic rings. The van der Waals surface area contributed by atoms with Crippen molar-refractivity contribution in [3.63, 3.8) is 0 Å². The van der Waals surface area contributed by atoms with Gasteiger partial charge in [0.2, 0.25) is 5.91 Å². The molecule has 3 aromatic rings. The normalized spacial score (nSPS) is 14.9. The highest BCUT2D eigenvalue weighted by atomic mass is 19.1. The number of nitrogens with one attached hydrogen (secondary N) is 1. The number of carbonyl (C=O) groups excluding carboxylic acids is 2. The topological polar surface area (TPSA) is 71.8 Å². The molecular formula is C27H29FN2O4. The minimum absolute atomic E-state index is 0.0701. The van der Waals surface area contributed by atoms with Crippen molar-refractivity contribution in [3.05, 3.63) is 89.6 Å². The maximum Gasteiger partial charge on any atom is 0.290 e. The molecule has 6 nitrogen and oxygen atoms in total. The van der Waals surface area contributed by atoms with Gasteiger partial charge in [0, 0.05) is 12.6 Å². The van der Waals surface area contributed by atoms with Gasteiger partial charge in [-0.3, -0.25) is 9.59 Å². The molecule has 178 valence electrons. The fraction of sp³-hybridized carbons (Fsp3) is 0.333. The number of ether oxygens (including phenoxy) is 1. The quantitative estimate of drug-likeness (QED) is 0.494. The van der Waals surface area contributed by atoms with E-state index < -0.39 is 11.9 Å². The van der Waals surface area contributed by atoms with Crippen LogP contribution < -0.4 is 10.1 Å². The Morgan fingerprint density at radius 2 is 1.85 bits per heavy atom. The van der Waals surface area contributed by atoms with Crippen molar-refractivity contribution in [1.82, 2.24) is 10.2 Å². The molecule has 1 atom stereocenters. The van der Waals surface area contributed by atoms with Gasteiger partial charge in [-0.25, -0.2) is 4.39 Å². The number of halogens is 1. The average Bonchev–Trinajstić information content (AvgIpc) is 3.40. The smallest absolute Gasteiger partial charge is 0.290 e. The first-order chi connectivity index (χ1) is 16.5. The van der Waals surface area contributed by atoms with Gasteiger partial charge >= 0.3 is 0 Å². The molecule has 1 aromatic heterocycles. The summed E-state index contributed by atoms with van der Waals surface area (Å²) in [6, 6.07) is 15.4. The molecule has 1 heterocycles. The van der Waals surface area contributed by atoms with Gasteiger partial charge in [-0.1, -0.05) is 43.5 Å². The third kappa shape index (κ3) is 5.65. The Balaban J connectivity index is 1.74. The van der Waals surface area contributed by atoms with Crippen LogP contribution in [-0.2, 0) is 11.3 Å². The molecule has 1 fully saturated rings. The maximum atomic E-state index is 13.7. The van der Waals surface area contributed by atoms with E-state index >= 15 is 0 Å². The lowest BCUT2D eigenvalue weighted by molar-refractivity contribution is -0.127. The van der Waals surface area contributed by atoms with E-state index in [2.05, 4.69) is 5.32 Å². The largest absolute Gasteiger partial charge is 0.497 e. The van der Waals surface area contributed by atoms with E-state index in [1.54, 1.807) is 55.6 Å². The second-order valence-electron chi connectivity index (χ2n) is 8.56. The predicted octanol–water partition coefficient (Wildman–Crippen LogP) is 5.26. The summed E-state index contributed by atoms with van der Waals surface area (Å²) >= 11 is 0. The van der Waals surface area contributed by atoms with E-state index in [-0.39, 0.29) is 30.1 Å². The highest BCUT2D eigenvalue weighted by Gasteiger charge is 2.34. The monoisotopic (exact) mass is 464 g/mol. The van der Waals surface area contributed by atoms with Gasteiger partial charge in [0.05, 0.1) is 13.4 Å². The zero-order valence-electron chi connectivity index (χ0n) is 19.2. The van der Waals surface area contributed by atoms with Gasteiger partial charge < -0.3 is 19.4 Å². The van der Waals surface area contributed by atoms with E-state index in [0.717, 1.165) is 25.7 Å². The van der Waals surface area contributed by atoms with Crippen LogP contribution in [0.3, 0.4) is 0 Å². The third-order valence-electron chi connectivity index (χ3n) is 6.18. The lowest BCUT2D eigenvalue weighted by Crippen LogP contribution is -2.46. The van der Waals surface area contributed by atoms with Crippen molar-refractivity contribution in [2.24, 2.45) is 0 Å². The number of carbonyl (C=O) groups is 2. The zero-order chi connectivity index (χ0) is 23.9. The molecule has 1 saturated carbocycles. The molecule has 0 unspecified atom stereocenters. The summed E-state index contributed by atoms with van der Waals surface area (Å²) in [7, 11) is 1.56. The first-order valence-electron chi connectivity index (χ1n) is 11.6. The highest BCUT2D eigenvalue weighted by molar-refractivity contribution is 5.96. The number of methoxy groups -OCH3 is 1. The van der Waals surface area contributed by atoms with Crippen molar-refractivity contribution in [1.29, 1.82) is 0 Å². The van der Waals surface area contributed by atoms with E-state index in [1.165, 1.54) is 29.7 Å². The van der Waals surface area contributed by atoms with E-state index in [4.69, 9.17) is 9.15 Å². The summed E-state index contributed by atoms with van der Waals surface area (Å²) in [4.78, 5) is 28.8. The standard InChI is InChI=1S/C27H29FN2O4/c1-33-23-10-5-7-20(17-23)25(26(31)29-22-8-3-2-4-9-22)30(27(32)24-11-6-16-34-24)18-19-12-14-21(28)15-13-19/h5-7,10-17,22,25H,2-4,8-9,18H2,1H3,(H,29,31)/t25-/m0/s1. The van der Waals surface area contributed by atoms with Gasteiger partial charge in [-0.2, -0.15) is 0 Å². The van der Waals surface area contributed by atoms with Gasteiger partial charge in [0.15, 0.2) is 5.76 Å². The minimum atomic E-state index is -0.931. The number of benzene rings is 2. The summed E-state index contributed by atoms with van der Waals surface area (Å²) in [6.07, 6.45) is 6.56. The van der Waals surface area contributed by atoms with Gasteiger partial charge in [-0.05, 0) is 60.4 Å². The van der Waals surface area contributed by atoms with Crippen LogP contribution in [0, 0.1) is 5.82 Å². The number of nitrogens with zero attached hydrogens (tertiary/aromatic N) is 1. The molecule has 2 amide bonds. The molecule has 1 N–H and O–H groups in total. The molecule has 0 bridgehead atoms. The SMILES string of the molecule is COc1cccc([C@@H](C(=O)NC2CCCCC2)N(Cc2ccc(F)cc2)C(=O)c2ccco2)c1. The summed E-state index contributed by atoms with van der Waals surface area (Å²) in [6.45, 7) is 0.0970. The van der Waals surface area contributed by atoms with Crippen LogP contribution in [0.5, 0.6) is 5.75 Å². The van der Waals surface area contributed by atoms with Crippen molar-refractivity contribution in [2.45, 2.75) is 50.7 Å². The van der Waals surface area contributed by atoms with Crippen molar-refractivity contribution in [3.8, 4) is 5.75 Å². The third-order valence-corrected chi connectivity index (χ3v) is 6.18. The van der Waals surface area contributed by atoms with Gasteiger partial charge in [0.1, 0.15) is 17.6 Å². The Hall–Kier alpha value is -3.61. The van der Waals surface area contributed by atoms with Crippen molar-refractivity contribution < 1.29 is 23.1 Å². The van der Waals surface area contributed by atoms with Crippen LogP contribution in [0.1, 0.15) is 59.8 Å². The number of amides is 2. The zero-order valence-corrected chi connectivity index (χ0v) is 19.2. The minimum Gasteiger partial charge on any atom is -0.497 e. The highest BCUT2D eigenvalue weighted by Crippen LogP contribution is 2.29. The lowest BCUT2D eigenvalue weighted by atomic mass is 9.94. The van der Waals surface area contributed by atoms with Crippen LogP contribution in [0.2, 0.25) is 0 Å². The number of furan rings is 1. The Morgan fingerprint density at radius 3 is 2.53 bits per heavy atom. The molecule has 34 heavy (non-hydrogen) atoms. The fourth-order valence-corrected chi connectivity index (χ4v) is 4.42. The first kappa shape index (κ1) is 23.5. The Bertz CT molecular complexity index is 1090. The average molecular weight is 465 g/mol. The molecule has 4 rings (SSSR count). The van der Waals surface area contributed by atoms with Crippen LogP contribution in [-0.4, -0.2) is 29.9 Å². The fourth-order valence-electron chi connectivity index (χ4n) is 4.42. The Kier molecular flexibility index (Phi) is 7.62. The number of hydrogen-bond donors (Lipinski definition) is 1. The lowest BCUT2D eigenvalue weighted by Gasteiger charge is -2.33. The molecule has 1 aliphatic carbocycles. The number of hydrogen-bond acceptors (Lipinski definition) is 4. The van der Waals surface area contributed by atoms with Crippen molar-refractivity contribution >= 4 is 11.8 Å².